The number of rotatable bonds is 6. The molecule has 17 heavy (non-hydrogen) atoms. The summed E-state index contributed by atoms with van der Waals surface area (Å²) in [5, 5.41) is 3.19. The quantitative estimate of drug-likeness (QED) is 0.229. The number of hydrogen-bond acceptors (Lipinski definition) is 2. The lowest BCUT2D eigenvalue weighted by atomic mass is 10.1. The number of aliphatic imine (C=N–C) groups is 1. The van der Waals surface area contributed by atoms with E-state index < -0.39 is 0 Å². The highest BCUT2D eigenvalue weighted by Crippen LogP contribution is 2.01. The minimum Gasteiger partial charge on any atom is -0.355 e. The number of benzene rings is 1. The van der Waals surface area contributed by atoms with E-state index in [1.165, 1.54) is 5.56 Å². The fourth-order valence-corrected chi connectivity index (χ4v) is 1.52. The maximum atomic E-state index is 5.36. The molecule has 0 aliphatic rings. The Morgan fingerprint density at radius 3 is 2.71 bits per heavy atom. The Bertz CT molecular complexity index is 321. The van der Waals surface area contributed by atoms with Gasteiger partial charge in [-0.15, -0.1) is 0 Å². The van der Waals surface area contributed by atoms with Gasteiger partial charge in [0.2, 0.25) is 5.96 Å². The second-order valence-electron chi connectivity index (χ2n) is 3.89. The van der Waals surface area contributed by atoms with Crippen molar-refractivity contribution in [2.75, 3.05) is 13.1 Å². The second-order valence-corrected chi connectivity index (χ2v) is 3.89. The first kappa shape index (κ1) is 13.5. The number of guanidine groups is 1. The molecule has 0 saturated heterocycles. The number of nitrogens with zero attached hydrogens (tertiary/aromatic N) is 1. The van der Waals surface area contributed by atoms with Crippen molar-refractivity contribution in [2.45, 2.75) is 26.2 Å². The molecule has 0 bridgehead atoms. The van der Waals surface area contributed by atoms with Gasteiger partial charge in [0.05, 0.1) is 0 Å². The number of hydrogen-bond donors (Lipinski definition) is 3. The predicted octanol–water partition coefficient (Wildman–Crippen LogP) is 1.44. The number of hydrazine groups is 1. The molecule has 0 heterocycles. The van der Waals surface area contributed by atoms with E-state index in [4.69, 9.17) is 5.84 Å². The van der Waals surface area contributed by atoms with Gasteiger partial charge in [-0.2, -0.15) is 0 Å². The molecule has 4 nitrogen and oxygen atoms in total. The van der Waals surface area contributed by atoms with Gasteiger partial charge in [-0.1, -0.05) is 37.3 Å². The van der Waals surface area contributed by atoms with Crippen molar-refractivity contribution in [1.29, 1.82) is 0 Å². The Labute approximate surface area is 103 Å². The zero-order valence-electron chi connectivity index (χ0n) is 10.4. The monoisotopic (exact) mass is 234 g/mol. The molecule has 0 spiro atoms. The maximum Gasteiger partial charge on any atom is 0.205 e. The number of nitrogens with two attached hydrogens (primary N) is 1. The van der Waals surface area contributed by atoms with Crippen LogP contribution in [0.15, 0.2) is 35.3 Å². The molecule has 4 N–H and O–H groups in total. The molecule has 0 saturated carbocycles. The van der Waals surface area contributed by atoms with Gasteiger partial charge in [-0.25, -0.2) is 5.84 Å². The van der Waals surface area contributed by atoms with E-state index in [0.29, 0.717) is 5.96 Å². The average Bonchev–Trinajstić information content (AvgIpc) is 2.39. The van der Waals surface area contributed by atoms with Crippen LogP contribution in [0, 0.1) is 0 Å². The molecule has 0 amide bonds. The second kappa shape index (κ2) is 8.58. The highest BCUT2D eigenvalue weighted by atomic mass is 15.3. The minimum atomic E-state index is 0.680. The van der Waals surface area contributed by atoms with Gasteiger partial charge in [0.25, 0.3) is 0 Å². The molecule has 0 aromatic heterocycles. The van der Waals surface area contributed by atoms with Crippen molar-refractivity contribution in [3.05, 3.63) is 35.9 Å². The van der Waals surface area contributed by atoms with Crippen molar-refractivity contribution in [3.8, 4) is 0 Å². The lowest BCUT2D eigenvalue weighted by molar-refractivity contribution is 0.744. The van der Waals surface area contributed by atoms with Crippen molar-refractivity contribution < 1.29 is 0 Å². The molecule has 0 aliphatic carbocycles. The third kappa shape index (κ3) is 5.92. The van der Waals surface area contributed by atoms with Gasteiger partial charge >= 0.3 is 0 Å². The summed E-state index contributed by atoms with van der Waals surface area (Å²) < 4.78 is 0. The fraction of sp³-hybridized carbons (Fsp3) is 0.462. The Morgan fingerprint density at radius 1 is 1.29 bits per heavy atom. The Morgan fingerprint density at radius 2 is 2.06 bits per heavy atom. The lowest BCUT2D eigenvalue weighted by Crippen LogP contribution is -2.42. The number of nitrogens with one attached hydrogen (secondary N) is 2. The van der Waals surface area contributed by atoms with Gasteiger partial charge in [0.15, 0.2) is 0 Å². The molecule has 1 aromatic rings. The van der Waals surface area contributed by atoms with E-state index >= 15 is 0 Å². The normalized spacial score (nSPS) is 11.3. The van der Waals surface area contributed by atoms with Crippen LogP contribution in [0.2, 0.25) is 0 Å². The summed E-state index contributed by atoms with van der Waals surface area (Å²) in [5.41, 5.74) is 3.94. The zero-order chi connectivity index (χ0) is 12.3. The summed E-state index contributed by atoms with van der Waals surface area (Å²) in [6, 6.07) is 10.5. The first-order valence-electron chi connectivity index (χ1n) is 6.15. The van der Waals surface area contributed by atoms with Gasteiger partial charge in [-0.05, 0) is 24.8 Å². The van der Waals surface area contributed by atoms with E-state index in [1.807, 2.05) is 6.07 Å². The van der Waals surface area contributed by atoms with Crippen LogP contribution in [0.3, 0.4) is 0 Å². The summed E-state index contributed by atoms with van der Waals surface area (Å²) in [6.07, 6.45) is 3.16. The molecular weight excluding hydrogens is 212 g/mol. The summed E-state index contributed by atoms with van der Waals surface area (Å²) >= 11 is 0. The molecule has 1 aromatic carbocycles. The van der Waals surface area contributed by atoms with E-state index in [1.54, 1.807) is 0 Å². The first-order valence-corrected chi connectivity index (χ1v) is 6.15. The van der Waals surface area contributed by atoms with Crippen molar-refractivity contribution >= 4 is 5.96 Å². The van der Waals surface area contributed by atoms with Crippen LogP contribution in [-0.4, -0.2) is 19.0 Å². The molecule has 0 atom stereocenters. The summed E-state index contributed by atoms with van der Waals surface area (Å²) in [6.45, 7) is 3.76. The van der Waals surface area contributed by atoms with Gasteiger partial charge in [0, 0.05) is 13.1 Å². The van der Waals surface area contributed by atoms with Crippen LogP contribution >= 0.6 is 0 Å². The van der Waals surface area contributed by atoms with Crippen LogP contribution in [0.1, 0.15) is 25.3 Å². The lowest BCUT2D eigenvalue weighted by Gasteiger charge is -2.08. The fourth-order valence-electron chi connectivity index (χ4n) is 1.52. The van der Waals surface area contributed by atoms with E-state index in [9.17, 15) is 0 Å². The Hall–Kier alpha value is -1.55. The molecule has 94 valence electrons. The van der Waals surface area contributed by atoms with E-state index in [2.05, 4.69) is 46.9 Å². The van der Waals surface area contributed by atoms with Crippen LogP contribution in [0.5, 0.6) is 0 Å². The van der Waals surface area contributed by atoms with Crippen LogP contribution < -0.4 is 16.6 Å². The zero-order valence-corrected chi connectivity index (χ0v) is 10.4. The summed E-state index contributed by atoms with van der Waals surface area (Å²) in [7, 11) is 0. The van der Waals surface area contributed by atoms with Crippen molar-refractivity contribution in [3.63, 3.8) is 0 Å². The topological polar surface area (TPSA) is 62.4 Å². The molecule has 0 unspecified atom stereocenters. The minimum absolute atomic E-state index is 0.680. The largest absolute Gasteiger partial charge is 0.355 e. The van der Waals surface area contributed by atoms with Gasteiger partial charge in [0.1, 0.15) is 0 Å². The van der Waals surface area contributed by atoms with Gasteiger partial charge in [-0.3, -0.25) is 10.4 Å². The average molecular weight is 234 g/mol. The van der Waals surface area contributed by atoms with E-state index in [0.717, 1.165) is 32.4 Å². The van der Waals surface area contributed by atoms with Crippen molar-refractivity contribution in [1.82, 2.24) is 10.7 Å². The van der Waals surface area contributed by atoms with Crippen LogP contribution in [0.4, 0.5) is 0 Å². The SMILES string of the molecule is CCCN=C(NN)NCCCc1ccccc1. The van der Waals surface area contributed by atoms with Crippen LogP contribution in [0.25, 0.3) is 0 Å². The number of aryl methyl sites for hydroxylation is 1. The summed E-state index contributed by atoms with van der Waals surface area (Å²) in [4.78, 5) is 4.27. The molecule has 0 radical (unpaired) electrons. The van der Waals surface area contributed by atoms with Gasteiger partial charge < -0.3 is 5.32 Å². The highest BCUT2D eigenvalue weighted by Gasteiger charge is 1.95. The van der Waals surface area contributed by atoms with Crippen LogP contribution in [-0.2, 0) is 6.42 Å². The molecule has 0 fully saturated rings. The van der Waals surface area contributed by atoms with E-state index in [-0.39, 0.29) is 0 Å². The third-order valence-corrected chi connectivity index (χ3v) is 2.41. The molecular formula is C13H22N4. The molecule has 0 aliphatic heterocycles. The standard InChI is InChI=1S/C13H22N4/c1-2-10-15-13(17-14)16-11-6-9-12-7-4-3-5-8-12/h3-5,7-8H,2,6,9-11,14H2,1H3,(H2,15,16,17). The molecule has 1 rings (SSSR count). The first-order chi connectivity index (χ1) is 8.36. The highest BCUT2D eigenvalue weighted by molar-refractivity contribution is 5.79. The predicted molar refractivity (Wildman–Crippen MR) is 72.7 cm³/mol. The maximum absolute atomic E-state index is 5.36. The Balaban J connectivity index is 2.19. The Kier molecular flexibility index (Phi) is 6.82. The third-order valence-electron chi connectivity index (χ3n) is 2.41. The summed E-state index contributed by atoms with van der Waals surface area (Å²) in [5.74, 6) is 6.04. The van der Waals surface area contributed by atoms with Crippen molar-refractivity contribution in [2.24, 2.45) is 10.8 Å². The molecule has 4 heteroatoms. The smallest absolute Gasteiger partial charge is 0.205 e.